The van der Waals surface area contributed by atoms with Crippen LogP contribution in [0.2, 0.25) is 5.04 Å². The molecule has 1 N–H and O–H groups in total. The third-order valence-corrected chi connectivity index (χ3v) is 15.0. The molecule has 0 saturated carbocycles. The Balaban J connectivity index is 1.35. The molecule has 0 radical (unpaired) electrons. The zero-order chi connectivity index (χ0) is 33.9. The normalized spacial score (nSPS) is 18.3. The minimum atomic E-state index is -2.87. The van der Waals surface area contributed by atoms with E-state index in [0.29, 0.717) is 35.6 Å². The molecule has 2 aromatic heterocycles. The van der Waals surface area contributed by atoms with E-state index in [-0.39, 0.29) is 27.2 Å². The number of hydrogen-bond acceptors (Lipinski definition) is 8. The molecule has 5 aromatic rings. The van der Waals surface area contributed by atoms with Crippen molar-refractivity contribution in [3.05, 3.63) is 109 Å². The van der Waals surface area contributed by atoms with Gasteiger partial charge in [0.1, 0.15) is 12.6 Å². The molecule has 1 aliphatic rings. The maximum absolute atomic E-state index is 13.6. The number of ether oxygens (including phenoxy) is 1. The van der Waals surface area contributed by atoms with Crippen molar-refractivity contribution < 1.29 is 18.8 Å². The lowest BCUT2D eigenvalue weighted by Gasteiger charge is -2.43. The van der Waals surface area contributed by atoms with Gasteiger partial charge in [-0.2, -0.15) is 0 Å². The second-order valence-corrected chi connectivity index (χ2v) is 18.9. The number of anilines is 1. The molecular formula is C37H41N5O4SSi. The lowest BCUT2D eigenvalue weighted by molar-refractivity contribution is -0.118. The van der Waals surface area contributed by atoms with Gasteiger partial charge in [0.25, 0.3) is 8.32 Å². The number of fused-ring (bicyclic) bond motifs is 1. The first-order valence-corrected chi connectivity index (χ1v) is 19.0. The third-order valence-electron chi connectivity index (χ3n) is 8.76. The van der Waals surface area contributed by atoms with Crippen LogP contribution in [0.4, 0.5) is 5.82 Å². The number of thioether (sulfide) groups is 1. The van der Waals surface area contributed by atoms with Gasteiger partial charge in [-0.1, -0.05) is 137 Å². The van der Waals surface area contributed by atoms with Crippen molar-refractivity contribution >= 4 is 58.5 Å². The van der Waals surface area contributed by atoms with Gasteiger partial charge in [0.15, 0.2) is 17.0 Å². The van der Waals surface area contributed by atoms with Crippen molar-refractivity contribution in [1.82, 2.24) is 19.5 Å². The number of rotatable bonds is 10. The third kappa shape index (κ3) is 6.73. The van der Waals surface area contributed by atoms with Crippen LogP contribution in [0.15, 0.2) is 104 Å². The van der Waals surface area contributed by atoms with Gasteiger partial charge in [-0.25, -0.2) is 15.0 Å². The number of nitrogens with one attached hydrogen (secondary N) is 1. The summed E-state index contributed by atoms with van der Waals surface area (Å²) in [5.74, 6) is -0.0169. The van der Waals surface area contributed by atoms with Crippen molar-refractivity contribution in [3.8, 4) is 0 Å². The SMILES string of the molecule is CC(C)C(=O)Nc1ncnc2c1ncn2[C@@H]1C[C@H](SC(=O)c2ccccc2)[C@@H](CO[Si](c2ccccc2)(c2ccccc2)C(C)(C)C)O1. The Morgan fingerprint density at radius 2 is 1.54 bits per heavy atom. The second kappa shape index (κ2) is 14.1. The van der Waals surface area contributed by atoms with Crippen LogP contribution in [0, 0.1) is 5.92 Å². The highest BCUT2D eigenvalue weighted by Crippen LogP contribution is 2.41. The summed E-state index contributed by atoms with van der Waals surface area (Å²) < 4.78 is 16.0. The molecule has 248 valence electrons. The fourth-order valence-corrected chi connectivity index (χ4v) is 12.0. The molecule has 1 fully saturated rings. The Morgan fingerprint density at radius 1 is 0.938 bits per heavy atom. The maximum Gasteiger partial charge on any atom is 0.261 e. The van der Waals surface area contributed by atoms with E-state index in [2.05, 4.69) is 89.6 Å². The topological polar surface area (TPSA) is 108 Å². The van der Waals surface area contributed by atoms with Gasteiger partial charge < -0.3 is 14.5 Å². The molecular weight excluding hydrogens is 639 g/mol. The molecule has 3 aromatic carbocycles. The van der Waals surface area contributed by atoms with E-state index in [1.807, 2.05) is 60.9 Å². The summed E-state index contributed by atoms with van der Waals surface area (Å²) in [4.78, 5) is 39.4. The van der Waals surface area contributed by atoms with Gasteiger partial charge in [-0.05, 0) is 15.4 Å². The standard InChI is InChI=1S/C37H41N5O4SSi/c1-25(2)35(43)41-33-32-34(39-23-38-33)42(24-40-32)31-21-30(47-36(44)26-15-9-6-10-16-26)29(46-31)22-45-48(37(3,4)5,27-17-11-7-12-18-27)28-19-13-8-14-20-28/h6-20,23-25,29-31H,21-22H2,1-5H3,(H,38,39,41,43)/t29-,30+,31+/m1/s1. The Labute approximate surface area is 286 Å². The molecule has 0 bridgehead atoms. The quantitative estimate of drug-likeness (QED) is 0.173. The molecule has 0 unspecified atom stereocenters. The molecule has 3 atom stereocenters. The summed E-state index contributed by atoms with van der Waals surface area (Å²) in [5, 5.41) is 4.77. The van der Waals surface area contributed by atoms with E-state index in [9.17, 15) is 9.59 Å². The largest absolute Gasteiger partial charge is 0.405 e. The molecule has 9 nitrogen and oxygen atoms in total. The van der Waals surface area contributed by atoms with Crippen molar-refractivity contribution in [2.75, 3.05) is 11.9 Å². The second-order valence-electron chi connectivity index (χ2n) is 13.3. The number of aromatic nitrogens is 4. The van der Waals surface area contributed by atoms with E-state index in [4.69, 9.17) is 9.16 Å². The predicted molar refractivity (Wildman–Crippen MR) is 193 cm³/mol. The Morgan fingerprint density at radius 3 is 2.12 bits per heavy atom. The van der Waals surface area contributed by atoms with Crippen LogP contribution in [0.25, 0.3) is 11.2 Å². The smallest absolute Gasteiger partial charge is 0.261 e. The summed E-state index contributed by atoms with van der Waals surface area (Å²) in [7, 11) is -2.87. The minimum Gasteiger partial charge on any atom is -0.405 e. The Bertz CT molecular complexity index is 1830. The summed E-state index contributed by atoms with van der Waals surface area (Å²) in [6.45, 7) is 10.7. The number of carbonyl (C=O) groups is 2. The molecule has 6 rings (SSSR count). The molecule has 0 aliphatic carbocycles. The van der Waals surface area contributed by atoms with E-state index in [0.717, 1.165) is 0 Å². The van der Waals surface area contributed by atoms with Gasteiger partial charge in [-0.3, -0.25) is 14.2 Å². The number of hydrogen-bond donors (Lipinski definition) is 1. The number of imidazole rings is 1. The van der Waals surface area contributed by atoms with E-state index < -0.39 is 20.6 Å². The lowest BCUT2D eigenvalue weighted by atomic mass is 10.2. The number of nitrogens with zero attached hydrogens (tertiary/aromatic N) is 4. The highest BCUT2D eigenvalue weighted by molar-refractivity contribution is 8.14. The number of amides is 1. The van der Waals surface area contributed by atoms with Crippen molar-refractivity contribution in [3.63, 3.8) is 0 Å². The number of carbonyl (C=O) groups excluding carboxylic acids is 2. The average molecular weight is 680 g/mol. The molecule has 1 aliphatic heterocycles. The minimum absolute atomic E-state index is 0.0169. The average Bonchev–Trinajstić information content (AvgIpc) is 3.70. The van der Waals surface area contributed by atoms with Gasteiger partial charge in [0.05, 0.1) is 19.0 Å². The van der Waals surface area contributed by atoms with Gasteiger partial charge >= 0.3 is 0 Å². The van der Waals surface area contributed by atoms with Crippen LogP contribution < -0.4 is 15.7 Å². The summed E-state index contributed by atoms with van der Waals surface area (Å²) in [6, 6.07) is 30.3. The predicted octanol–water partition coefficient (Wildman–Crippen LogP) is 6.23. The molecule has 11 heteroatoms. The first kappa shape index (κ1) is 33.7. The van der Waals surface area contributed by atoms with Gasteiger partial charge in [-0.15, -0.1) is 0 Å². The fraction of sp³-hybridized carbons (Fsp3) is 0.324. The summed E-state index contributed by atoms with van der Waals surface area (Å²) in [5.41, 5.74) is 1.66. The van der Waals surface area contributed by atoms with Crippen LogP contribution in [0.1, 0.15) is 57.6 Å². The van der Waals surface area contributed by atoms with Crippen LogP contribution in [0.5, 0.6) is 0 Å². The van der Waals surface area contributed by atoms with Crippen LogP contribution >= 0.6 is 11.8 Å². The van der Waals surface area contributed by atoms with Crippen molar-refractivity contribution in [2.24, 2.45) is 5.92 Å². The molecule has 3 heterocycles. The van der Waals surface area contributed by atoms with E-state index in [1.165, 1.54) is 28.5 Å². The van der Waals surface area contributed by atoms with E-state index in [1.54, 1.807) is 6.33 Å². The molecule has 48 heavy (non-hydrogen) atoms. The van der Waals surface area contributed by atoms with E-state index >= 15 is 0 Å². The van der Waals surface area contributed by atoms with Gasteiger partial charge in [0, 0.05) is 23.2 Å². The number of benzene rings is 3. The summed E-state index contributed by atoms with van der Waals surface area (Å²) >= 11 is 1.29. The lowest BCUT2D eigenvalue weighted by Crippen LogP contribution is -2.67. The highest BCUT2D eigenvalue weighted by Gasteiger charge is 2.51. The monoisotopic (exact) mass is 679 g/mol. The first-order chi connectivity index (χ1) is 23.1. The molecule has 1 saturated heterocycles. The molecule has 1 amide bonds. The Kier molecular flexibility index (Phi) is 9.93. The fourth-order valence-electron chi connectivity index (χ4n) is 6.31. The van der Waals surface area contributed by atoms with Crippen molar-refractivity contribution in [1.29, 1.82) is 0 Å². The van der Waals surface area contributed by atoms with Gasteiger partial charge in [0.2, 0.25) is 11.0 Å². The van der Waals surface area contributed by atoms with Crippen molar-refractivity contribution in [2.45, 2.75) is 63.7 Å². The Hall–Kier alpha value is -4.16. The zero-order valence-corrected chi connectivity index (χ0v) is 29.7. The first-order valence-electron chi connectivity index (χ1n) is 16.2. The van der Waals surface area contributed by atoms with Crippen LogP contribution in [-0.4, -0.2) is 56.8 Å². The zero-order valence-electron chi connectivity index (χ0n) is 27.9. The maximum atomic E-state index is 13.6. The summed E-state index contributed by atoms with van der Waals surface area (Å²) in [6.07, 6.45) is 2.74. The highest BCUT2D eigenvalue weighted by atomic mass is 32.2. The molecule has 0 spiro atoms. The van der Waals surface area contributed by atoms with Crippen LogP contribution in [-0.2, 0) is 14.0 Å². The van der Waals surface area contributed by atoms with Crippen LogP contribution in [0.3, 0.4) is 0 Å².